The normalized spacial score (nSPS) is 15.5. The summed E-state index contributed by atoms with van der Waals surface area (Å²) >= 11 is 0. The first kappa shape index (κ1) is 15.4. The van der Waals surface area contributed by atoms with E-state index in [1.165, 1.54) is 4.90 Å². The van der Waals surface area contributed by atoms with Crippen LogP contribution in [0.1, 0.15) is 5.56 Å². The number of anilines is 1. The topological polar surface area (TPSA) is 37.4 Å². The van der Waals surface area contributed by atoms with Gasteiger partial charge in [-0.15, -0.1) is 0 Å². The summed E-state index contributed by atoms with van der Waals surface area (Å²) in [6.07, 6.45) is 0. The van der Waals surface area contributed by atoms with Gasteiger partial charge in [0.25, 0.3) is 11.8 Å². The Balaban J connectivity index is 2.19. The molecule has 3 nitrogen and oxygen atoms in total. The number of imide groups is 1. The average Bonchev–Trinajstić information content (AvgIpc) is 2.80. The molecule has 0 N–H and O–H groups in total. The lowest BCUT2D eigenvalue weighted by molar-refractivity contribution is -0.119. The van der Waals surface area contributed by atoms with Crippen LogP contribution in [-0.2, 0) is 9.59 Å². The molecule has 1 heterocycles. The molecule has 2 aromatic carbocycles. The van der Waals surface area contributed by atoms with Crippen molar-refractivity contribution in [1.82, 2.24) is 0 Å². The third-order valence-electron chi connectivity index (χ3n) is 3.91. The summed E-state index contributed by atoms with van der Waals surface area (Å²) in [5.41, 5.74) is 2.02. The van der Waals surface area contributed by atoms with Crippen molar-refractivity contribution in [2.75, 3.05) is 4.90 Å². The van der Waals surface area contributed by atoms with Crippen LogP contribution < -0.4 is 4.90 Å². The number of benzene rings is 2. The smallest absolute Gasteiger partial charge is 0.266 e. The molecule has 0 unspecified atom stereocenters. The summed E-state index contributed by atoms with van der Waals surface area (Å²) in [4.78, 5) is 27.4. The molecule has 0 aliphatic carbocycles. The fraction of sp³-hybridized carbons (Fsp3) is 0.158. The van der Waals surface area contributed by atoms with Crippen LogP contribution in [0, 0.1) is 0 Å². The van der Waals surface area contributed by atoms with Gasteiger partial charge >= 0.3 is 0 Å². The molecule has 0 bridgehead atoms. The second-order valence-electron chi connectivity index (χ2n) is 6.65. The summed E-state index contributed by atoms with van der Waals surface area (Å²) < 4.78 is 0. The third kappa shape index (κ3) is 2.66. The van der Waals surface area contributed by atoms with Gasteiger partial charge in [-0.25, -0.2) is 4.90 Å². The molecule has 23 heavy (non-hydrogen) atoms. The molecule has 0 spiro atoms. The maximum Gasteiger partial charge on any atom is 0.266 e. The first-order valence-electron chi connectivity index (χ1n) is 7.65. The number of rotatable bonds is 3. The van der Waals surface area contributed by atoms with E-state index in [0.29, 0.717) is 16.5 Å². The molecule has 116 valence electrons. The molecule has 4 heteroatoms. The quantitative estimate of drug-likeness (QED) is 0.635. The molecule has 1 aliphatic rings. The maximum atomic E-state index is 13.0. The van der Waals surface area contributed by atoms with E-state index in [9.17, 15) is 9.59 Å². The average molecular weight is 321 g/mol. The fourth-order valence-corrected chi connectivity index (χ4v) is 4.66. The zero-order valence-electron chi connectivity index (χ0n) is 13.5. The van der Waals surface area contributed by atoms with Gasteiger partial charge in [0.1, 0.15) is 0 Å². The van der Waals surface area contributed by atoms with Gasteiger partial charge in [-0.1, -0.05) is 68.2 Å². The Morgan fingerprint density at radius 2 is 1.26 bits per heavy atom. The largest absolute Gasteiger partial charge is 0.269 e. The van der Waals surface area contributed by atoms with Crippen LogP contribution in [0.15, 0.2) is 65.9 Å². The summed E-state index contributed by atoms with van der Waals surface area (Å²) in [7, 11) is -1.98. The van der Waals surface area contributed by atoms with Gasteiger partial charge in [0.2, 0.25) is 0 Å². The molecule has 2 aromatic rings. The first-order chi connectivity index (χ1) is 10.9. The van der Waals surface area contributed by atoms with E-state index in [2.05, 4.69) is 19.6 Å². The van der Waals surface area contributed by atoms with Crippen molar-refractivity contribution in [3.63, 3.8) is 0 Å². The van der Waals surface area contributed by atoms with Crippen LogP contribution in [0.3, 0.4) is 0 Å². The highest BCUT2D eigenvalue weighted by molar-refractivity contribution is 6.91. The lowest BCUT2D eigenvalue weighted by Crippen LogP contribution is -2.36. The van der Waals surface area contributed by atoms with E-state index in [4.69, 9.17) is 0 Å². The van der Waals surface area contributed by atoms with E-state index >= 15 is 0 Å². The van der Waals surface area contributed by atoms with E-state index in [0.717, 1.165) is 5.56 Å². The second kappa shape index (κ2) is 5.63. The van der Waals surface area contributed by atoms with Crippen molar-refractivity contribution >= 4 is 31.1 Å². The van der Waals surface area contributed by atoms with Gasteiger partial charge in [-0.2, -0.15) is 0 Å². The minimum Gasteiger partial charge on any atom is -0.269 e. The molecular weight excluding hydrogens is 302 g/mol. The first-order valence-corrected chi connectivity index (χ1v) is 11.2. The van der Waals surface area contributed by atoms with E-state index in [1.807, 2.05) is 48.5 Å². The second-order valence-corrected chi connectivity index (χ2v) is 11.6. The minimum absolute atomic E-state index is 0.167. The monoisotopic (exact) mass is 321 g/mol. The lowest BCUT2D eigenvalue weighted by atomic mass is 10.1. The van der Waals surface area contributed by atoms with Crippen LogP contribution in [0.2, 0.25) is 19.6 Å². The highest BCUT2D eigenvalue weighted by Gasteiger charge is 2.44. The predicted molar refractivity (Wildman–Crippen MR) is 95.6 cm³/mol. The fourth-order valence-electron chi connectivity index (χ4n) is 2.91. The highest BCUT2D eigenvalue weighted by atomic mass is 28.3. The van der Waals surface area contributed by atoms with Crippen molar-refractivity contribution in [3.05, 3.63) is 71.4 Å². The highest BCUT2D eigenvalue weighted by Crippen LogP contribution is 2.37. The Kier molecular flexibility index (Phi) is 3.78. The molecule has 3 rings (SSSR count). The summed E-state index contributed by atoms with van der Waals surface area (Å²) in [6.45, 7) is 6.31. The lowest BCUT2D eigenvalue weighted by Gasteiger charge is -2.19. The van der Waals surface area contributed by atoms with Gasteiger partial charge in [-0.3, -0.25) is 9.59 Å². The van der Waals surface area contributed by atoms with Crippen molar-refractivity contribution in [2.24, 2.45) is 0 Å². The molecule has 0 saturated carbocycles. The van der Waals surface area contributed by atoms with E-state index in [-0.39, 0.29) is 11.8 Å². The van der Waals surface area contributed by atoms with Crippen LogP contribution in [0.25, 0.3) is 5.57 Å². The van der Waals surface area contributed by atoms with Crippen LogP contribution >= 0.6 is 0 Å². The zero-order valence-corrected chi connectivity index (χ0v) is 14.5. The van der Waals surface area contributed by atoms with Crippen LogP contribution in [0.4, 0.5) is 5.69 Å². The SMILES string of the molecule is C[Si](C)(C)C1=C(c2ccccc2)C(=O)N(c2ccccc2)C1=O. The Hall–Kier alpha value is -2.46. The Morgan fingerprint density at radius 1 is 0.739 bits per heavy atom. The van der Waals surface area contributed by atoms with Gasteiger partial charge in [0.05, 0.1) is 19.3 Å². The third-order valence-corrected chi connectivity index (χ3v) is 5.87. The summed E-state index contributed by atoms with van der Waals surface area (Å²) in [6, 6.07) is 18.6. The molecule has 0 saturated heterocycles. The number of para-hydroxylation sites is 1. The maximum absolute atomic E-state index is 13.0. The van der Waals surface area contributed by atoms with Crippen LogP contribution in [0.5, 0.6) is 0 Å². The minimum atomic E-state index is -1.98. The molecule has 0 radical (unpaired) electrons. The predicted octanol–water partition coefficient (Wildman–Crippen LogP) is 3.89. The zero-order chi connectivity index (χ0) is 16.6. The number of carbonyl (C=O) groups excluding carboxylic acids is 2. The van der Waals surface area contributed by atoms with Crippen molar-refractivity contribution in [2.45, 2.75) is 19.6 Å². The molecule has 2 amide bonds. The van der Waals surface area contributed by atoms with Gasteiger partial charge in [-0.05, 0) is 17.7 Å². The molecular formula is C19H19NO2Si. The van der Waals surface area contributed by atoms with Gasteiger partial charge in [0, 0.05) is 5.20 Å². The van der Waals surface area contributed by atoms with Gasteiger partial charge < -0.3 is 0 Å². The number of hydrogen-bond acceptors (Lipinski definition) is 2. The molecule has 0 aromatic heterocycles. The Morgan fingerprint density at radius 3 is 1.78 bits per heavy atom. The number of nitrogens with zero attached hydrogens (tertiary/aromatic N) is 1. The van der Waals surface area contributed by atoms with Gasteiger partial charge in [0.15, 0.2) is 0 Å². The van der Waals surface area contributed by atoms with Crippen molar-refractivity contribution in [3.8, 4) is 0 Å². The van der Waals surface area contributed by atoms with E-state index in [1.54, 1.807) is 12.1 Å². The standard InChI is InChI=1S/C19H19NO2Si/c1-23(2,3)17-16(14-10-6-4-7-11-14)18(21)20(19(17)22)15-12-8-5-9-13-15/h4-13H,1-3H3. The van der Waals surface area contributed by atoms with E-state index < -0.39 is 8.07 Å². The number of carbonyl (C=O) groups is 2. The molecule has 1 aliphatic heterocycles. The van der Waals surface area contributed by atoms with Crippen molar-refractivity contribution < 1.29 is 9.59 Å². The number of hydrogen-bond donors (Lipinski definition) is 0. The molecule has 0 fully saturated rings. The summed E-state index contributed by atoms with van der Waals surface area (Å²) in [5.74, 6) is -0.385. The summed E-state index contributed by atoms with van der Waals surface area (Å²) in [5, 5.41) is 0.706. The number of amides is 2. The molecule has 0 atom stereocenters. The van der Waals surface area contributed by atoms with Crippen molar-refractivity contribution in [1.29, 1.82) is 0 Å². The Bertz CT molecular complexity index is 789. The van der Waals surface area contributed by atoms with Crippen LogP contribution in [-0.4, -0.2) is 19.9 Å². The Labute approximate surface area is 137 Å².